The normalized spacial score (nSPS) is 15.8. The van der Waals surface area contributed by atoms with Crippen LogP contribution in [0.1, 0.15) is 62.5 Å². The molecule has 11 heteroatoms. The molecule has 0 bridgehead atoms. The van der Waals surface area contributed by atoms with Gasteiger partial charge >= 0.3 is 0 Å². The van der Waals surface area contributed by atoms with Crippen LogP contribution in [0.5, 0.6) is 5.75 Å². The standard InChI is InChI=1S/C37H44N6O5/c1-23-27(8-5-10-29(23)41-36(46)32-15-14-25(19-38-32)22-43(3)16-17-44)28-9-6-11-30(24(28)2)42-37(47)33-18-35(48-4)26(21-40-33)20-39-31-12-7-13-34(31)45/h5-6,8-11,14-15,18-19,21,31,34,39,44-45H,7,12-13,16-17,20,22H2,1-4H3,(H,41,46)(H,42,47)/t31-,34-/m1/s1. The number of rotatable bonds is 13. The number of ether oxygens (including phenoxy) is 1. The zero-order valence-corrected chi connectivity index (χ0v) is 27.9. The lowest BCUT2D eigenvalue weighted by Gasteiger charge is -2.18. The highest BCUT2D eigenvalue weighted by Gasteiger charge is 2.25. The quantitative estimate of drug-likeness (QED) is 0.139. The maximum absolute atomic E-state index is 13.3. The van der Waals surface area contributed by atoms with Gasteiger partial charge in [-0.1, -0.05) is 30.3 Å². The van der Waals surface area contributed by atoms with Crippen LogP contribution in [0.25, 0.3) is 11.1 Å². The van der Waals surface area contributed by atoms with E-state index < -0.39 is 0 Å². The summed E-state index contributed by atoms with van der Waals surface area (Å²) in [6, 6.07) is 16.7. The van der Waals surface area contributed by atoms with Crippen LogP contribution in [0.3, 0.4) is 0 Å². The summed E-state index contributed by atoms with van der Waals surface area (Å²) >= 11 is 0. The van der Waals surface area contributed by atoms with Gasteiger partial charge < -0.3 is 30.9 Å². The molecule has 2 aromatic heterocycles. The largest absolute Gasteiger partial charge is 0.496 e. The van der Waals surface area contributed by atoms with Crippen molar-refractivity contribution in [3.05, 3.63) is 101 Å². The summed E-state index contributed by atoms with van der Waals surface area (Å²) in [5.74, 6) is -0.133. The van der Waals surface area contributed by atoms with Crippen molar-refractivity contribution >= 4 is 23.2 Å². The van der Waals surface area contributed by atoms with Crippen molar-refractivity contribution in [2.75, 3.05) is 37.9 Å². The van der Waals surface area contributed by atoms with Crippen LogP contribution in [-0.4, -0.2) is 76.4 Å². The zero-order chi connectivity index (χ0) is 34.2. The lowest BCUT2D eigenvalue weighted by Crippen LogP contribution is -2.35. The number of likely N-dealkylation sites (N-methyl/N-ethyl adjacent to an activating group) is 1. The molecule has 11 nitrogen and oxygen atoms in total. The third-order valence-corrected chi connectivity index (χ3v) is 8.88. The molecule has 0 spiro atoms. The van der Waals surface area contributed by atoms with Crippen molar-refractivity contribution in [1.29, 1.82) is 0 Å². The van der Waals surface area contributed by atoms with Gasteiger partial charge in [0.25, 0.3) is 11.8 Å². The van der Waals surface area contributed by atoms with Gasteiger partial charge in [0.2, 0.25) is 0 Å². The molecular formula is C37H44N6O5. The number of nitrogens with one attached hydrogen (secondary N) is 3. The zero-order valence-electron chi connectivity index (χ0n) is 27.9. The first-order valence-corrected chi connectivity index (χ1v) is 16.2. The van der Waals surface area contributed by atoms with Gasteiger partial charge in [0.05, 0.1) is 19.8 Å². The number of pyridine rings is 2. The minimum absolute atomic E-state index is 0.0409. The Bertz CT molecular complexity index is 1750. The van der Waals surface area contributed by atoms with Crippen LogP contribution in [-0.2, 0) is 13.1 Å². The Hall–Kier alpha value is -4.68. The lowest BCUT2D eigenvalue weighted by atomic mass is 9.94. The lowest BCUT2D eigenvalue weighted by molar-refractivity contribution is 0.101. The molecule has 1 aliphatic rings. The molecule has 0 saturated heterocycles. The molecule has 252 valence electrons. The fourth-order valence-electron chi connectivity index (χ4n) is 6.04. The fraction of sp³-hybridized carbons (Fsp3) is 0.351. The number of carbonyl (C=O) groups excluding carboxylic acids is 2. The molecule has 2 aromatic carbocycles. The minimum Gasteiger partial charge on any atom is -0.496 e. The Morgan fingerprint density at radius 3 is 2.12 bits per heavy atom. The Balaban J connectivity index is 1.28. The van der Waals surface area contributed by atoms with E-state index in [1.807, 2.05) is 68.3 Å². The third kappa shape index (κ3) is 8.23. The molecule has 1 aliphatic carbocycles. The van der Waals surface area contributed by atoms with Gasteiger partial charge in [-0.2, -0.15) is 0 Å². The summed E-state index contributed by atoms with van der Waals surface area (Å²) in [5, 5.41) is 28.6. The summed E-state index contributed by atoms with van der Waals surface area (Å²) in [4.78, 5) is 37.2. The average molecular weight is 653 g/mol. The minimum atomic E-state index is -0.365. The highest BCUT2D eigenvalue weighted by atomic mass is 16.5. The van der Waals surface area contributed by atoms with Gasteiger partial charge in [0.1, 0.15) is 17.1 Å². The fourth-order valence-corrected chi connectivity index (χ4v) is 6.04. The number of amides is 2. The van der Waals surface area contributed by atoms with E-state index in [4.69, 9.17) is 9.84 Å². The molecule has 2 amide bonds. The topological polar surface area (TPSA) is 149 Å². The molecule has 0 aliphatic heterocycles. The monoisotopic (exact) mass is 652 g/mol. The molecule has 1 fully saturated rings. The molecule has 5 N–H and O–H groups in total. The molecular weight excluding hydrogens is 608 g/mol. The summed E-state index contributed by atoms with van der Waals surface area (Å²) in [6.45, 7) is 5.63. The molecule has 2 atom stereocenters. The van der Waals surface area contributed by atoms with Crippen molar-refractivity contribution in [2.45, 2.75) is 58.3 Å². The van der Waals surface area contributed by atoms with Gasteiger partial charge in [-0.05, 0) is 86.2 Å². The van der Waals surface area contributed by atoms with Crippen molar-refractivity contribution in [3.8, 4) is 16.9 Å². The highest BCUT2D eigenvalue weighted by molar-refractivity contribution is 6.05. The molecule has 48 heavy (non-hydrogen) atoms. The summed E-state index contributed by atoms with van der Waals surface area (Å²) < 4.78 is 5.57. The second-order valence-electron chi connectivity index (χ2n) is 12.2. The van der Waals surface area contributed by atoms with E-state index in [-0.39, 0.29) is 36.3 Å². The van der Waals surface area contributed by atoms with Crippen molar-refractivity contribution in [3.63, 3.8) is 0 Å². The number of aromatic nitrogens is 2. The maximum Gasteiger partial charge on any atom is 0.274 e. The second kappa shape index (κ2) is 15.9. The van der Waals surface area contributed by atoms with Crippen LogP contribution in [0.15, 0.2) is 67.0 Å². The van der Waals surface area contributed by atoms with E-state index in [1.165, 1.54) is 0 Å². The maximum atomic E-state index is 13.3. The molecule has 1 saturated carbocycles. The first-order chi connectivity index (χ1) is 23.2. The van der Waals surface area contributed by atoms with Gasteiger partial charge in [0.15, 0.2) is 0 Å². The van der Waals surface area contributed by atoms with Crippen molar-refractivity contribution in [1.82, 2.24) is 20.2 Å². The number of hydrogen-bond donors (Lipinski definition) is 5. The predicted molar refractivity (Wildman–Crippen MR) is 186 cm³/mol. The van der Waals surface area contributed by atoms with E-state index in [0.29, 0.717) is 42.5 Å². The van der Waals surface area contributed by atoms with E-state index in [0.717, 1.165) is 52.6 Å². The third-order valence-electron chi connectivity index (χ3n) is 8.88. The van der Waals surface area contributed by atoms with E-state index in [2.05, 4.69) is 25.9 Å². The van der Waals surface area contributed by atoms with E-state index in [1.54, 1.807) is 31.6 Å². The summed E-state index contributed by atoms with van der Waals surface area (Å²) in [6.07, 6.45) is 5.68. The Kier molecular flexibility index (Phi) is 11.5. The van der Waals surface area contributed by atoms with Gasteiger partial charge in [-0.15, -0.1) is 0 Å². The smallest absolute Gasteiger partial charge is 0.274 e. The van der Waals surface area contributed by atoms with Gasteiger partial charge in [0, 0.05) is 61.1 Å². The Morgan fingerprint density at radius 1 is 0.917 bits per heavy atom. The number of anilines is 2. The average Bonchev–Trinajstić information content (AvgIpc) is 3.50. The molecule has 0 unspecified atom stereocenters. The number of benzene rings is 2. The SMILES string of the molecule is COc1cc(C(=O)Nc2cccc(-c3cccc(NC(=O)c4ccc(CN(C)CCO)cn4)c3C)c2C)ncc1CN[C@@H]1CCC[C@H]1O. The molecule has 0 radical (unpaired) electrons. The number of aliphatic hydroxyl groups is 2. The van der Waals surface area contributed by atoms with Crippen LogP contribution in [0.4, 0.5) is 11.4 Å². The van der Waals surface area contributed by atoms with Crippen molar-refractivity contribution < 1.29 is 24.5 Å². The molecule has 2 heterocycles. The van der Waals surface area contributed by atoms with Crippen LogP contribution in [0.2, 0.25) is 0 Å². The van der Waals surface area contributed by atoms with Crippen LogP contribution >= 0.6 is 0 Å². The van der Waals surface area contributed by atoms with Crippen LogP contribution < -0.4 is 20.7 Å². The second-order valence-corrected chi connectivity index (χ2v) is 12.2. The number of aliphatic hydroxyl groups excluding tert-OH is 2. The number of methoxy groups -OCH3 is 1. The van der Waals surface area contributed by atoms with Crippen LogP contribution in [0, 0.1) is 13.8 Å². The Labute approximate surface area is 281 Å². The van der Waals surface area contributed by atoms with Gasteiger partial charge in [-0.3, -0.25) is 24.5 Å². The number of hydrogen-bond acceptors (Lipinski definition) is 9. The van der Waals surface area contributed by atoms with E-state index in [9.17, 15) is 14.7 Å². The highest BCUT2D eigenvalue weighted by Crippen LogP contribution is 2.34. The number of nitrogens with zero attached hydrogens (tertiary/aromatic N) is 3. The summed E-state index contributed by atoms with van der Waals surface area (Å²) in [7, 11) is 3.47. The summed E-state index contributed by atoms with van der Waals surface area (Å²) in [5.41, 5.74) is 7.15. The van der Waals surface area contributed by atoms with Gasteiger partial charge in [-0.25, -0.2) is 0 Å². The van der Waals surface area contributed by atoms with E-state index >= 15 is 0 Å². The molecule has 4 aromatic rings. The Morgan fingerprint density at radius 2 is 1.56 bits per heavy atom. The first-order valence-electron chi connectivity index (χ1n) is 16.2. The molecule has 5 rings (SSSR count). The van der Waals surface area contributed by atoms with Crippen molar-refractivity contribution in [2.24, 2.45) is 0 Å². The predicted octanol–water partition coefficient (Wildman–Crippen LogP) is 4.70. The number of carbonyl (C=O) groups is 2. The first kappa shape index (κ1) is 34.6.